The second kappa shape index (κ2) is 10.4. The van der Waals surface area contributed by atoms with Gasteiger partial charge < -0.3 is 20.9 Å². The third-order valence-electron chi connectivity index (χ3n) is 4.87. The standard InChI is InChI=1S/C25H29N5O3/c1-16(2)33-22-14-11-18(15-21(22)31)23(28-19-12-9-17(10-13-19)24(26)27)25(32)29-30(3)20-7-5-4-6-8-20/h4-16,23,28,31H,1-3H3,(H3,26,27)(H,29,32). The number of nitrogens with one attached hydrogen (secondary N) is 3. The third-order valence-corrected chi connectivity index (χ3v) is 4.87. The van der Waals surface area contributed by atoms with Gasteiger partial charge >= 0.3 is 0 Å². The highest BCUT2D eigenvalue weighted by atomic mass is 16.5. The summed E-state index contributed by atoms with van der Waals surface area (Å²) in [6, 6.07) is 20.4. The van der Waals surface area contributed by atoms with Crippen LogP contribution >= 0.6 is 0 Å². The van der Waals surface area contributed by atoms with Crippen LogP contribution in [-0.4, -0.2) is 30.0 Å². The Morgan fingerprint density at radius 1 is 1.06 bits per heavy atom. The number of nitrogens with two attached hydrogens (primary N) is 1. The van der Waals surface area contributed by atoms with Crippen LogP contribution in [0.5, 0.6) is 11.5 Å². The Hall–Kier alpha value is -4.20. The number of phenolic OH excluding ortho intramolecular Hbond substituents is 1. The van der Waals surface area contributed by atoms with Crippen molar-refractivity contribution in [1.82, 2.24) is 5.43 Å². The first-order valence-corrected chi connectivity index (χ1v) is 10.5. The van der Waals surface area contributed by atoms with Crippen LogP contribution in [0.3, 0.4) is 0 Å². The van der Waals surface area contributed by atoms with Crippen LogP contribution in [0.1, 0.15) is 31.0 Å². The van der Waals surface area contributed by atoms with E-state index >= 15 is 0 Å². The first-order valence-electron chi connectivity index (χ1n) is 10.5. The Balaban J connectivity index is 1.89. The van der Waals surface area contributed by atoms with Crippen molar-refractivity contribution in [2.24, 2.45) is 5.73 Å². The van der Waals surface area contributed by atoms with E-state index in [1.807, 2.05) is 44.2 Å². The summed E-state index contributed by atoms with van der Waals surface area (Å²) in [7, 11) is 1.75. The largest absolute Gasteiger partial charge is 0.504 e. The van der Waals surface area contributed by atoms with Gasteiger partial charge in [-0.05, 0) is 67.9 Å². The van der Waals surface area contributed by atoms with Gasteiger partial charge in [0.25, 0.3) is 5.91 Å². The summed E-state index contributed by atoms with van der Waals surface area (Å²) in [5.74, 6) is -0.0656. The first kappa shape index (κ1) is 23.5. The number of hydrogen-bond donors (Lipinski definition) is 5. The van der Waals surface area contributed by atoms with Crippen LogP contribution in [0.4, 0.5) is 11.4 Å². The topological polar surface area (TPSA) is 124 Å². The molecule has 3 aromatic carbocycles. The minimum atomic E-state index is -0.821. The molecule has 0 radical (unpaired) electrons. The van der Waals surface area contributed by atoms with E-state index in [-0.39, 0.29) is 23.6 Å². The summed E-state index contributed by atoms with van der Waals surface area (Å²) in [4.78, 5) is 13.3. The summed E-state index contributed by atoms with van der Waals surface area (Å²) < 4.78 is 5.61. The number of nitrogens with zero attached hydrogens (tertiary/aromatic N) is 1. The summed E-state index contributed by atoms with van der Waals surface area (Å²) >= 11 is 0. The minimum absolute atomic E-state index is 0.0361. The normalized spacial score (nSPS) is 11.5. The maximum Gasteiger partial charge on any atom is 0.265 e. The van der Waals surface area contributed by atoms with Crippen molar-refractivity contribution in [1.29, 1.82) is 5.41 Å². The minimum Gasteiger partial charge on any atom is -0.504 e. The zero-order valence-electron chi connectivity index (χ0n) is 18.9. The molecule has 0 bridgehead atoms. The molecule has 6 N–H and O–H groups in total. The molecule has 0 saturated heterocycles. The number of rotatable bonds is 9. The zero-order valence-corrected chi connectivity index (χ0v) is 18.9. The molecule has 1 unspecified atom stereocenters. The van der Waals surface area contributed by atoms with E-state index in [2.05, 4.69) is 10.7 Å². The number of aromatic hydroxyl groups is 1. The lowest BCUT2D eigenvalue weighted by Crippen LogP contribution is -2.43. The van der Waals surface area contributed by atoms with E-state index in [0.717, 1.165) is 5.69 Å². The van der Waals surface area contributed by atoms with Gasteiger partial charge in [-0.2, -0.15) is 0 Å². The van der Waals surface area contributed by atoms with E-state index < -0.39 is 6.04 Å². The van der Waals surface area contributed by atoms with E-state index in [1.54, 1.807) is 48.5 Å². The first-order chi connectivity index (χ1) is 15.7. The second-order valence-electron chi connectivity index (χ2n) is 7.83. The number of carbonyl (C=O) groups excluding carboxylic acids is 1. The fourth-order valence-electron chi connectivity index (χ4n) is 3.23. The zero-order chi connectivity index (χ0) is 24.0. The average Bonchev–Trinajstić information content (AvgIpc) is 2.79. The number of phenols is 1. The maximum absolute atomic E-state index is 13.3. The average molecular weight is 448 g/mol. The Bertz CT molecular complexity index is 1100. The molecule has 33 heavy (non-hydrogen) atoms. The van der Waals surface area contributed by atoms with Gasteiger partial charge in [0.1, 0.15) is 11.9 Å². The Kier molecular flexibility index (Phi) is 7.40. The molecule has 0 saturated carbocycles. The Morgan fingerprint density at radius 2 is 1.73 bits per heavy atom. The summed E-state index contributed by atoms with van der Waals surface area (Å²) in [5, 5.41) is 22.8. The van der Waals surface area contributed by atoms with Gasteiger partial charge in [0.05, 0.1) is 11.8 Å². The third kappa shape index (κ3) is 6.16. The van der Waals surface area contributed by atoms with Crippen LogP contribution in [0.25, 0.3) is 0 Å². The molecule has 0 aliphatic carbocycles. The molecule has 3 rings (SSSR count). The van der Waals surface area contributed by atoms with Crippen molar-refractivity contribution in [3.05, 3.63) is 83.9 Å². The molecule has 1 atom stereocenters. The van der Waals surface area contributed by atoms with E-state index in [4.69, 9.17) is 15.9 Å². The molecule has 172 valence electrons. The van der Waals surface area contributed by atoms with Crippen molar-refractivity contribution in [3.8, 4) is 11.5 Å². The molecule has 0 aromatic heterocycles. The highest BCUT2D eigenvalue weighted by Gasteiger charge is 2.23. The molecule has 3 aromatic rings. The lowest BCUT2D eigenvalue weighted by atomic mass is 10.0. The molecule has 1 amide bonds. The SMILES string of the molecule is CC(C)Oc1ccc(C(Nc2ccc(C(=N)N)cc2)C(=O)NN(C)c2ccccc2)cc1O. The quantitative estimate of drug-likeness (QED) is 0.193. The molecular weight excluding hydrogens is 418 g/mol. The number of benzene rings is 3. The van der Waals surface area contributed by atoms with E-state index in [9.17, 15) is 9.90 Å². The summed E-state index contributed by atoms with van der Waals surface area (Å²) in [6.45, 7) is 3.74. The molecule has 8 heteroatoms. The van der Waals surface area contributed by atoms with E-state index in [1.165, 1.54) is 6.07 Å². The smallest absolute Gasteiger partial charge is 0.265 e. The number of ether oxygens (including phenoxy) is 1. The fraction of sp³-hybridized carbons (Fsp3) is 0.200. The van der Waals surface area contributed by atoms with Crippen LogP contribution in [0, 0.1) is 5.41 Å². The van der Waals surface area contributed by atoms with Crippen molar-refractivity contribution < 1.29 is 14.6 Å². The van der Waals surface area contributed by atoms with Crippen molar-refractivity contribution in [3.63, 3.8) is 0 Å². The highest BCUT2D eigenvalue weighted by molar-refractivity contribution is 5.95. The maximum atomic E-state index is 13.3. The van der Waals surface area contributed by atoms with Gasteiger partial charge in [-0.1, -0.05) is 24.3 Å². The molecule has 0 aliphatic rings. The van der Waals surface area contributed by atoms with Crippen LogP contribution in [-0.2, 0) is 4.79 Å². The molecule has 0 fully saturated rings. The molecule has 8 nitrogen and oxygen atoms in total. The van der Waals surface area contributed by atoms with Crippen molar-refractivity contribution in [2.45, 2.75) is 26.0 Å². The van der Waals surface area contributed by atoms with E-state index in [0.29, 0.717) is 22.6 Å². The monoisotopic (exact) mass is 447 g/mol. The van der Waals surface area contributed by atoms with Crippen molar-refractivity contribution >= 4 is 23.1 Å². The number of anilines is 2. The fourth-order valence-corrected chi connectivity index (χ4v) is 3.23. The summed E-state index contributed by atoms with van der Waals surface area (Å²) in [5.41, 5.74) is 11.0. The van der Waals surface area contributed by atoms with Gasteiger partial charge in [0.15, 0.2) is 11.5 Å². The molecular formula is C25H29N5O3. The van der Waals surface area contributed by atoms with Gasteiger partial charge in [-0.3, -0.25) is 20.6 Å². The van der Waals surface area contributed by atoms with Gasteiger partial charge in [-0.25, -0.2) is 0 Å². The molecule has 0 aliphatic heterocycles. The number of amides is 1. The van der Waals surface area contributed by atoms with Crippen LogP contribution < -0.4 is 26.2 Å². The predicted octanol–water partition coefficient (Wildman–Crippen LogP) is 3.78. The lowest BCUT2D eigenvalue weighted by Gasteiger charge is -2.26. The predicted molar refractivity (Wildman–Crippen MR) is 131 cm³/mol. The van der Waals surface area contributed by atoms with Crippen molar-refractivity contribution in [2.75, 3.05) is 17.4 Å². The number of carbonyl (C=O) groups is 1. The Morgan fingerprint density at radius 3 is 2.30 bits per heavy atom. The van der Waals surface area contributed by atoms with Crippen LogP contribution in [0.15, 0.2) is 72.8 Å². The van der Waals surface area contributed by atoms with Crippen LogP contribution in [0.2, 0.25) is 0 Å². The number of nitrogen functional groups attached to an aromatic ring is 1. The Labute approximate surface area is 193 Å². The number of hydrazine groups is 1. The van der Waals surface area contributed by atoms with Gasteiger partial charge in [0.2, 0.25) is 0 Å². The molecule has 0 spiro atoms. The number of hydrogen-bond acceptors (Lipinski definition) is 6. The lowest BCUT2D eigenvalue weighted by molar-refractivity contribution is -0.122. The van der Waals surface area contributed by atoms with Gasteiger partial charge in [-0.15, -0.1) is 0 Å². The van der Waals surface area contributed by atoms with Gasteiger partial charge in [0, 0.05) is 18.3 Å². The number of para-hydroxylation sites is 1. The highest BCUT2D eigenvalue weighted by Crippen LogP contribution is 2.31. The number of amidine groups is 1. The molecule has 0 heterocycles. The summed E-state index contributed by atoms with van der Waals surface area (Å²) in [6.07, 6.45) is -0.0988. The second-order valence-corrected chi connectivity index (χ2v) is 7.83.